The summed E-state index contributed by atoms with van der Waals surface area (Å²) in [5.41, 5.74) is 2.46. The van der Waals surface area contributed by atoms with Crippen molar-refractivity contribution >= 4 is 23.6 Å². The summed E-state index contributed by atoms with van der Waals surface area (Å²) in [6.07, 6.45) is 28.3. The number of hydrogen-bond acceptors (Lipinski definition) is 3. The van der Waals surface area contributed by atoms with Crippen molar-refractivity contribution in [2.24, 2.45) is 0 Å². The highest BCUT2D eigenvalue weighted by Crippen LogP contribution is 2.60. The lowest BCUT2D eigenvalue weighted by molar-refractivity contribution is 0.468. The molecular formula is C36H59N3OP+. The van der Waals surface area contributed by atoms with Crippen molar-refractivity contribution in [3.05, 3.63) is 42.5 Å². The van der Waals surface area contributed by atoms with E-state index in [4.69, 9.17) is 10.2 Å². The van der Waals surface area contributed by atoms with Gasteiger partial charge in [-0.15, -0.1) is 15.0 Å². The van der Waals surface area contributed by atoms with E-state index in [2.05, 4.69) is 32.9 Å². The predicted molar refractivity (Wildman–Crippen MR) is 182 cm³/mol. The molecule has 1 N–H and O–H groups in total. The summed E-state index contributed by atoms with van der Waals surface area (Å²) in [7, 11) is -1.40. The van der Waals surface area contributed by atoms with Gasteiger partial charge in [0, 0.05) is 13.3 Å². The Balaban J connectivity index is 1.87. The smallest absolute Gasteiger partial charge is 0.143 e. The summed E-state index contributed by atoms with van der Waals surface area (Å²) in [5, 5.41) is 21.9. The van der Waals surface area contributed by atoms with Gasteiger partial charge in [0.1, 0.15) is 22.5 Å². The van der Waals surface area contributed by atoms with Gasteiger partial charge < -0.3 is 5.11 Å². The summed E-state index contributed by atoms with van der Waals surface area (Å²) in [4.78, 5) is 1.67. The number of phenolic OH excluding ortho intramolecular Hbond substituents is 1. The topological polar surface area (TPSA) is 50.9 Å². The molecule has 0 fully saturated rings. The van der Waals surface area contributed by atoms with Crippen LogP contribution in [0.15, 0.2) is 42.5 Å². The van der Waals surface area contributed by atoms with Gasteiger partial charge in [0.05, 0.1) is 23.8 Å². The number of rotatable bonds is 23. The minimum Gasteiger partial charge on any atom is -0.506 e. The number of fused-ring (bicyclic) bond motifs is 1. The average molecular weight is 581 g/mol. The maximum Gasteiger partial charge on any atom is 0.143 e. The van der Waals surface area contributed by atoms with Crippen LogP contribution in [0, 0.1) is 0 Å². The standard InChI is InChI=1S/C36H58N3OP/c1-4-7-10-13-16-21-28-41(29-22-17-14-11-8-5-2,30-23-18-15-12-9-6-3)32-26-27-36(40)35(31-32)39-37-33-24-19-20-25-34(33)38-39/h19-20,24-27,31H,4-18,21-23,28-30H2,1-3H3/p+1. The molecule has 0 spiro atoms. The first-order valence-corrected chi connectivity index (χ1v) is 19.5. The highest BCUT2D eigenvalue weighted by atomic mass is 31.2. The normalized spacial score (nSPS) is 12.0. The van der Waals surface area contributed by atoms with E-state index in [1.165, 1.54) is 139 Å². The van der Waals surface area contributed by atoms with Gasteiger partial charge in [-0.2, -0.15) is 0 Å². The van der Waals surface area contributed by atoms with Crippen molar-refractivity contribution in [1.82, 2.24) is 15.0 Å². The van der Waals surface area contributed by atoms with Gasteiger partial charge in [0.2, 0.25) is 0 Å². The third-order valence-electron chi connectivity index (χ3n) is 8.83. The molecule has 3 rings (SSSR count). The van der Waals surface area contributed by atoms with Crippen molar-refractivity contribution in [2.45, 2.75) is 136 Å². The second-order valence-corrected chi connectivity index (χ2v) is 16.4. The molecular weight excluding hydrogens is 521 g/mol. The van der Waals surface area contributed by atoms with Gasteiger partial charge in [-0.25, -0.2) is 0 Å². The van der Waals surface area contributed by atoms with Gasteiger partial charge in [0.15, 0.2) is 0 Å². The van der Waals surface area contributed by atoms with Crippen LogP contribution in [0.1, 0.15) is 136 Å². The molecule has 0 aliphatic heterocycles. The molecule has 0 unspecified atom stereocenters. The first kappa shape index (κ1) is 33.6. The fourth-order valence-corrected chi connectivity index (χ4v) is 11.0. The zero-order valence-electron chi connectivity index (χ0n) is 26.6. The summed E-state index contributed by atoms with van der Waals surface area (Å²) in [6.45, 7) is 6.91. The molecule has 0 saturated heterocycles. The number of aromatic hydroxyl groups is 1. The minimum absolute atomic E-state index is 0.269. The maximum absolute atomic E-state index is 11.0. The van der Waals surface area contributed by atoms with E-state index in [1.807, 2.05) is 30.3 Å². The Kier molecular flexibility index (Phi) is 15.8. The molecule has 5 heteroatoms. The molecule has 1 aromatic heterocycles. The van der Waals surface area contributed by atoms with Crippen LogP contribution in [-0.2, 0) is 0 Å². The van der Waals surface area contributed by atoms with Crippen molar-refractivity contribution in [3.63, 3.8) is 0 Å². The van der Waals surface area contributed by atoms with Crippen molar-refractivity contribution in [2.75, 3.05) is 18.5 Å². The van der Waals surface area contributed by atoms with Crippen LogP contribution in [-0.4, -0.2) is 38.6 Å². The van der Waals surface area contributed by atoms with Crippen LogP contribution in [0.3, 0.4) is 0 Å². The summed E-state index contributed by atoms with van der Waals surface area (Å²) in [6, 6.07) is 14.4. The van der Waals surface area contributed by atoms with Crippen molar-refractivity contribution in [3.8, 4) is 11.4 Å². The summed E-state index contributed by atoms with van der Waals surface area (Å²) < 4.78 is 0. The fraction of sp³-hybridized carbons (Fsp3) is 0.667. The largest absolute Gasteiger partial charge is 0.506 e. The van der Waals surface area contributed by atoms with Crippen LogP contribution in [0.25, 0.3) is 16.7 Å². The molecule has 0 radical (unpaired) electrons. The van der Waals surface area contributed by atoms with Crippen LogP contribution < -0.4 is 5.30 Å². The molecule has 3 aromatic rings. The first-order valence-electron chi connectivity index (χ1n) is 17.2. The lowest BCUT2D eigenvalue weighted by Crippen LogP contribution is -2.22. The van der Waals surface area contributed by atoms with Gasteiger partial charge in [-0.05, 0) is 62.8 Å². The number of aromatic nitrogens is 3. The number of unbranched alkanes of at least 4 members (excludes halogenated alkanes) is 15. The van der Waals surface area contributed by atoms with Gasteiger partial charge >= 0.3 is 0 Å². The Labute approximate surface area is 252 Å². The number of nitrogens with zero attached hydrogens (tertiary/aromatic N) is 3. The molecule has 0 aliphatic carbocycles. The molecule has 0 atom stereocenters. The first-order chi connectivity index (χ1) is 20.1. The number of benzene rings is 2. The zero-order valence-corrected chi connectivity index (χ0v) is 27.5. The minimum atomic E-state index is -1.40. The monoisotopic (exact) mass is 580 g/mol. The average Bonchev–Trinajstić information content (AvgIpc) is 3.42. The molecule has 1 heterocycles. The summed E-state index contributed by atoms with van der Waals surface area (Å²) >= 11 is 0. The van der Waals surface area contributed by atoms with E-state index in [0.29, 0.717) is 0 Å². The highest BCUT2D eigenvalue weighted by molar-refractivity contribution is 7.82. The Morgan fingerprint density at radius 1 is 0.561 bits per heavy atom. The zero-order chi connectivity index (χ0) is 29.2. The van der Waals surface area contributed by atoms with Gasteiger partial charge in [-0.3, -0.25) is 0 Å². The number of phenols is 1. The van der Waals surface area contributed by atoms with Crippen molar-refractivity contribution in [1.29, 1.82) is 0 Å². The molecule has 2 aromatic carbocycles. The molecule has 41 heavy (non-hydrogen) atoms. The molecule has 0 amide bonds. The molecule has 0 bridgehead atoms. The Morgan fingerprint density at radius 3 is 1.41 bits per heavy atom. The molecule has 0 aliphatic rings. The van der Waals surface area contributed by atoms with Gasteiger partial charge in [-0.1, -0.05) is 110 Å². The SMILES string of the molecule is CCCCCCCC[P+](CCCCCCCC)(CCCCCCCC)c1ccc(O)c(-n2nc3ccccc3n2)c1. The van der Waals surface area contributed by atoms with E-state index in [0.717, 1.165) is 16.7 Å². The van der Waals surface area contributed by atoms with Crippen LogP contribution in [0.2, 0.25) is 0 Å². The maximum atomic E-state index is 11.0. The van der Waals surface area contributed by atoms with Crippen LogP contribution in [0.5, 0.6) is 5.75 Å². The Bertz CT molecular complexity index is 1040. The number of hydrogen-bond donors (Lipinski definition) is 1. The molecule has 228 valence electrons. The van der Waals surface area contributed by atoms with E-state index >= 15 is 0 Å². The Hall–Kier alpha value is -1.93. The van der Waals surface area contributed by atoms with E-state index < -0.39 is 7.26 Å². The molecule has 4 nitrogen and oxygen atoms in total. The van der Waals surface area contributed by atoms with E-state index in [1.54, 1.807) is 4.80 Å². The van der Waals surface area contributed by atoms with Crippen LogP contribution >= 0.6 is 7.26 Å². The predicted octanol–water partition coefficient (Wildman–Crippen LogP) is 10.9. The Morgan fingerprint density at radius 2 is 0.976 bits per heavy atom. The lowest BCUT2D eigenvalue weighted by atomic mass is 10.1. The van der Waals surface area contributed by atoms with Crippen LogP contribution in [0.4, 0.5) is 0 Å². The highest BCUT2D eigenvalue weighted by Gasteiger charge is 2.39. The van der Waals surface area contributed by atoms with E-state index in [-0.39, 0.29) is 5.75 Å². The van der Waals surface area contributed by atoms with Crippen molar-refractivity contribution < 1.29 is 5.11 Å². The third-order valence-corrected chi connectivity index (χ3v) is 13.7. The lowest BCUT2D eigenvalue weighted by Gasteiger charge is -2.29. The molecule has 0 saturated carbocycles. The second-order valence-electron chi connectivity index (χ2n) is 12.3. The van der Waals surface area contributed by atoms with E-state index in [9.17, 15) is 5.11 Å². The quantitative estimate of drug-likeness (QED) is 0.0896. The summed E-state index contributed by atoms with van der Waals surface area (Å²) in [5.74, 6) is 0.269. The fourth-order valence-electron chi connectivity index (χ4n) is 6.24. The second kappa shape index (κ2) is 19.3. The third kappa shape index (κ3) is 11.0. The van der Waals surface area contributed by atoms with Gasteiger partial charge in [0.25, 0.3) is 0 Å².